The minimum absolute atomic E-state index is 0.132. The number of thioether (sulfide) groups is 1. The minimum Gasteiger partial charge on any atom is -0.321 e. The zero-order valence-corrected chi connectivity index (χ0v) is 21.3. The van der Waals surface area contributed by atoms with Crippen LogP contribution in [0.15, 0.2) is 77.3 Å². The van der Waals surface area contributed by atoms with Gasteiger partial charge in [-0.2, -0.15) is 5.26 Å². The summed E-state index contributed by atoms with van der Waals surface area (Å²) < 4.78 is 0. The number of nitrogens with one attached hydrogen (secondary N) is 1. The molecule has 0 spiro atoms. The van der Waals surface area contributed by atoms with Crippen molar-refractivity contribution in [1.82, 2.24) is 0 Å². The second-order valence-corrected chi connectivity index (χ2v) is 10.2. The molecule has 176 valence electrons. The average Bonchev–Trinajstić information content (AvgIpc) is 3.12. The van der Waals surface area contributed by atoms with Gasteiger partial charge in [-0.25, -0.2) is 0 Å². The molecule has 1 aliphatic rings. The molecule has 4 rings (SSSR count). The molecule has 0 radical (unpaired) electrons. The minimum atomic E-state index is -0.587. The molecule has 35 heavy (non-hydrogen) atoms. The maximum atomic E-state index is 13.7. The lowest BCUT2D eigenvalue weighted by atomic mass is 10.1. The van der Waals surface area contributed by atoms with Crippen LogP contribution in [0.3, 0.4) is 0 Å². The summed E-state index contributed by atoms with van der Waals surface area (Å²) in [6.45, 7) is 3.79. The Kier molecular flexibility index (Phi) is 7.51. The molecule has 2 amide bonds. The number of hydrogen-bond donors (Lipinski definition) is 1. The summed E-state index contributed by atoms with van der Waals surface area (Å²) in [6, 6.07) is 21.8. The van der Waals surface area contributed by atoms with Gasteiger partial charge < -0.3 is 5.32 Å². The average molecular weight is 522 g/mol. The highest BCUT2D eigenvalue weighted by atomic mass is 35.5. The number of anilines is 2. The topological polar surface area (TPSA) is 73.2 Å². The molecule has 8 heteroatoms. The summed E-state index contributed by atoms with van der Waals surface area (Å²) in [6.07, 6.45) is 0.299. The predicted molar refractivity (Wildman–Crippen MR) is 143 cm³/mol. The first-order chi connectivity index (χ1) is 16.8. The number of nitrogens with zero attached hydrogens (tertiary/aromatic N) is 2. The van der Waals surface area contributed by atoms with Crippen molar-refractivity contribution >= 4 is 58.2 Å². The number of carbonyl (C=O) groups is 2. The number of rotatable bonds is 5. The third-order valence-corrected chi connectivity index (χ3v) is 7.42. The largest absolute Gasteiger partial charge is 0.321 e. The third kappa shape index (κ3) is 5.38. The maximum Gasteiger partial charge on any atom is 0.269 e. The van der Waals surface area contributed by atoms with Gasteiger partial charge in [0.2, 0.25) is 5.91 Å². The van der Waals surface area contributed by atoms with E-state index in [1.54, 1.807) is 30.3 Å². The summed E-state index contributed by atoms with van der Waals surface area (Å²) in [5, 5.41) is 13.5. The Hall–Kier alpha value is -3.24. The van der Waals surface area contributed by atoms with Crippen molar-refractivity contribution in [1.29, 1.82) is 5.26 Å². The lowest BCUT2D eigenvalue weighted by molar-refractivity contribution is -0.117. The van der Waals surface area contributed by atoms with Gasteiger partial charge in [0.25, 0.3) is 5.91 Å². The SMILES string of the molecule is Cc1cccc(NC(=O)/C(C#N)=C2\S[C@@H](Cc3cc(Cl)ccc3Cl)C(=O)N2c2ccccc2C)c1. The summed E-state index contributed by atoms with van der Waals surface area (Å²) in [5.74, 6) is -0.806. The lowest BCUT2D eigenvalue weighted by Crippen LogP contribution is -2.31. The van der Waals surface area contributed by atoms with Gasteiger partial charge in [-0.15, -0.1) is 0 Å². The number of para-hydroxylation sites is 1. The molecule has 1 fully saturated rings. The highest BCUT2D eigenvalue weighted by Gasteiger charge is 2.41. The Morgan fingerprint density at radius 2 is 1.86 bits per heavy atom. The molecule has 1 N–H and O–H groups in total. The first-order valence-electron chi connectivity index (χ1n) is 10.8. The van der Waals surface area contributed by atoms with Gasteiger partial charge in [0.05, 0.1) is 10.9 Å². The van der Waals surface area contributed by atoms with Gasteiger partial charge in [-0.3, -0.25) is 14.5 Å². The Labute approximate surface area is 218 Å². The van der Waals surface area contributed by atoms with Crippen LogP contribution in [0.2, 0.25) is 10.0 Å². The molecule has 1 atom stereocenters. The standard InChI is InChI=1S/C27H21Cl2N3O2S/c1-16-6-5-8-20(12-16)31-25(33)21(15-30)27-32(23-9-4-3-7-17(23)2)26(34)24(35-27)14-18-13-19(28)10-11-22(18)29/h3-13,24H,14H2,1-2H3,(H,31,33)/b27-21-/t24-/m0/s1. The highest BCUT2D eigenvalue weighted by Crippen LogP contribution is 2.43. The number of halogens is 2. The molecule has 1 saturated heterocycles. The lowest BCUT2D eigenvalue weighted by Gasteiger charge is -2.20. The van der Waals surface area contributed by atoms with Crippen LogP contribution in [0.25, 0.3) is 0 Å². The number of hydrogen-bond acceptors (Lipinski definition) is 4. The molecular weight excluding hydrogens is 501 g/mol. The zero-order chi connectivity index (χ0) is 25.1. The van der Waals surface area contributed by atoms with E-state index in [2.05, 4.69) is 5.32 Å². The quantitative estimate of drug-likeness (QED) is 0.300. The van der Waals surface area contributed by atoms with E-state index < -0.39 is 11.2 Å². The van der Waals surface area contributed by atoms with E-state index in [4.69, 9.17) is 23.2 Å². The van der Waals surface area contributed by atoms with E-state index in [-0.39, 0.29) is 11.5 Å². The third-order valence-electron chi connectivity index (χ3n) is 5.55. The second-order valence-electron chi connectivity index (χ2n) is 8.12. The molecule has 0 bridgehead atoms. The van der Waals surface area contributed by atoms with E-state index in [9.17, 15) is 14.9 Å². The Bertz CT molecular complexity index is 1400. The van der Waals surface area contributed by atoms with E-state index in [1.807, 2.05) is 56.3 Å². The van der Waals surface area contributed by atoms with Crippen molar-refractivity contribution in [3.05, 3.63) is 104 Å². The van der Waals surface area contributed by atoms with Gasteiger partial charge in [-0.05, 0) is 73.4 Å². The zero-order valence-electron chi connectivity index (χ0n) is 19.0. The van der Waals surface area contributed by atoms with Crippen LogP contribution in [0.4, 0.5) is 11.4 Å². The second kappa shape index (κ2) is 10.6. The van der Waals surface area contributed by atoms with Crippen LogP contribution >= 0.6 is 35.0 Å². The van der Waals surface area contributed by atoms with Gasteiger partial charge in [0, 0.05) is 15.7 Å². The van der Waals surface area contributed by atoms with E-state index >= 15 is 0 Å². The van der Waals surface area contributed by atoms with Crippen molar-refractivity contribution < 1.29 is 9.59 Å². The van der Waals surface area contributed by atoms with Crippen molar-refractivity contribution in [3.63, 3.8) is 0 Å². The van der Waals surface area contributed by atoms with E-state index in [0.717, 1.165) is 16.7 Å². The summed E-state index contributed by atoms with van der Waals surface area (Å²) in [7, 11) is 0. The molecule has 3 aromatic rings. The number of carbonyl (C=O) groups excluding carboxylic acids is 2. The monoisotopic (exact) mass is 521 g/mol. The van der Waals surface area contributed by atoms with Gasteiger partial charge >= 0.3 is 0 Å². The fraction of sp³-hybridized carbons (Fsp3) is 0.148. The first-order valence-corrected chi connectivity index (χ1v) is 12.4. The summed E-state index contributed by atoms with van der Waals surface area (Å²) in [5.41, 5.74) is 3.60. The smallest absolute Gasteiger partial charge is 0.269 e. The van der Waals surface area contributed by atoms with Crippen LogP contribution in [-0.2, 0) is 16.0 Å². The summed E-state index contributed by atoms with van der Waals surface area (Å²) in [4.78, 5) is 28.3. The normalized spacial score (nSPS) is 16.7. The van der Waals surface area contributed by atoms with Crippen molar-refractivity contribution in [2.45, 2.75) is 25.5 Å². The van der Waals surface area contributed by atoms with Crippen LogP contribution in [0.1, 0.15) is 16.7 Å². The van der Waals surface area contributed by atoms with E-state index in [0.29, 0.717) is 32.9 Å². The van der Waals surface area contributed by atoms with Crippen molar-refractivity contribution in [2.75, 3.05) is 10.2 Å². The fourth-order valence-corrected chi connectivity index (χ4v) is 5.51. The Morgan fingerprint density at radius 3 is 2.57 bits per heavy atom. The number of aryl methyl sites for hydroxylation is 2. The molecular formula is C27H21Cl2N3O2S. The van der Waals surface area contributed by atoms with Crippen molar-refractivity contribution in [3.8, 4) is 6.07 Å². The van der Waals surface area contributed by atoms with Crippen LogP contribution in [-0.4, -0.2) is 17.1 Å². The Balaban J connectivity index is 1.76. The molecule has 0 saturated carbocycles. The molecule has 0 aromatic heterocycles. The summed E-state index contributed by atoms with van der Waals surface area (Å²) >= 11 is 13.7. The van der Waals surface area contributed by atoms with Crippen LogP contribution in [0, 0.1) is 25.2 Å². The van der Waals surface area contributed by atoms with Crippen molar-refractivity contribution in [2.24, 2.45) is 0 Å². The van der Waals surface area contributed by atoms with Gasteiger partial charge in [0.15, 0.2) is 0 Å². The molecule has 0 aliphatic carbocycles. The number of amides is 2. The Morgan fingerprint density at radius 1 is 1.09 bits per heavy atom. The number of nitriles is 1. The van der Waals surface area contributed by atoms with Gasteiger partial charge in [-0.1, -0.05) is 65.3 Å². The first kappa shape index (κ1) is 24.9. The fourth-order valence-electron chi connectivity index (χ4n) is 3.84. The molecule has 5 nitrogen and oxygen atoms in total. The molecule has 3 aromatic carbocycles. The highest BCUT2D eigenvalue weighted by molar-refractivity contribution is 8.05. The maximum absolute atomic E-state index is 13.7. The molecule has 1 heterocycles. The van der Waals surface area contributed by atoms with E-state index in [1.165, 1.54) is 16.7 Å². The van der Waals surface area contributed by atoms with Gasteiger partial charge in [0.1, 0.15) is 16.7 Å². The van der Waals surface area contributed by atoms with Crippen LogP contribution < -0.4 is 10.2 Å². The molecule has 1 aliphatic heterocycles. The predicted octanol–water partition coefficient (Wildman–Crippen LogP) is 6.68. The van der Waals surface area contributed by atoms with Crippen LogP contribution in [0.5, 0.6) is 0 Å². The number of benzene rings is 3. The molecule has 0 unspecified atom stereocenters.